The molecule has 100 valence electrons. The summed E-state index contributed by atoms with van der Waals surface area (Å²) < 4.78 is 26.8. The molecule has 2 N–H and O–H groups in total. The number of nitrogens with one attached hydrogen (secondary N) is 1. The zero-order valence-electron chi connectivity index (χ0n) is 10.5. The highest BCUT2D eigenvalue weighted by molar-refractivity contribution is 5.21. The number of halogens is 2. The molecule has 1 aliphatic rings. The van der Waals surface area contributed by atoms with E-state index in [1.807, 2.05) is 6.92 Å². The molecule has 2 unspecified atom stereocenters. The van der Waals surface area contributed by atoms with Crippen molar-refractivity contribution >= 4 is 0 Å². The molecule has 0 saturated carbocycles. The Morgan fingerprint density at radius 3 is 2.94 bits per heavy atom. The van der Waals surface area contributed by atoms with Crippen LogP contribution in [-0.4, -0.2) is 23.8 Å². The SMILES string of the molecule is CCC1CNCCC1(O)Cc1cc(F)ccc1F. The lowest BCUT2D eigenvalue weighted by molar-refractivity contribution is -0.0420. The second-order valence-corrected chi connectivity index (χ2v) is 5.08. The molecule has 0 bridgehead atoms. The maximum absolute atomic E-state index is 13.6. The lowest BCUT2D eigenvalue weighted by Gasteiger charge is -2.40. The smallest absolute Gasteiger partial charge is 0.126 e. The second-order valence-electron chi connectivity index (χ2n) is 5.08. The van der Waals surface area contributed by atoms with E-state index in [1.54, 1.807) is 0 Å². The van der Waals surface area contributed by atoms with E-state index in [1.165, 1.54) is 6.07 Å². The van der Waals surface area contributed by atoms with Gasteiger partial charge in [-0.05, 0) is 43.1 Å². The largest absolute Gasteiger partial charge is 0.389 e. The van der Waals surface area contributed by atoms with Crippen molar-refractivity contribution < 1.29 is 13.9 Å². The molecule has 0 spiro atoms. The predicted molar refractivity (Wildman–Crippen MR) is 66.3 cm³/mol. The van der Waals surface area contributed by atoms with E-state index in [9.17, 15) is 13.9 Å². The van der Waals surface area contributed by atoms with Crippen LogP contribution in [0.3, 0.4) is 0 Å². The van der Waals surface area contributed by atoms with E-state index < -0.39 is 17.2 Å². The molecule has 4 heteroatoms. The van der Waals surface area contributed by atoms with Crippen LogP contribution in [0.25, 0.3) is 0 Å². The first-order chi connectivity index (χ1) is 8.55. The molecule has 2 atom stereocenters. The lowest BCUT2D eigenvalue weighted by atomic mass is 9.76. The van der Waals surface area contributed by atoms with E-state index >= 15 is 0 Å². The zero-order valence-corrected chi connectivity index (χ0v) is 10.5. The van der Waals surface area contributed by atoms with Crippen molar-refractivity contribution in [2.45, 2.75) is 31.8 Å². The number of hydrogen-bond donors (Lipinski definition) is 2. The van der Waals surface area contributed by atoms with Gasteiger partial charge in [-0.1, -0.05) is 6.92 Å². The maximum atomic E-state index is 13.6. The average molecular weight is 255 g/mol. The zero-order chi connectivity index (χ0) is 13.2. The van der Waals surface area contributed by atoms with Crippen LogP contribution in [0.15, 0.2) is 18.2 Å². The number of benzene rings is 1. The first kappa shape index (κ1) is 13.4. The van der Waals surface area contributed by atoms with Gasteiger partial charge >= 0.3 is 0 Å². The summed E-state index contributed by atoms with van der Waals surface area (Å²) in [4.78, 5) is 0. The Balaban J connectivity index is 2.22. The molecule has 1 saturated heterocycles. The third-order valence-electron chi connectivity index (χ3n) is 3.88. The first-order valence-corrected chi connectivity index (χ1v) is 6.42. The van der Waals surface area contributed by atoms with Crippen LogP contribution in [0.5, 0.6) is 0 Å². The van der Waals surface area contributed by atoms with Crippen LogP contribution in [0.4, 0.5) is 8.78 Å². The Morgan fingerprint density at radius 1 is 1.44 bits per heavy atom. The van der Waals surface area contributed by atoms with Gasteiger partial charge < -0.3 is 10.4 Å². The Hall–Kier alpha value is -1.00. The fourth-order valence-corrected chi connectivity index (χ4v) is 2.74. The quantitative estimate of drug-likeness (QED) is 0.868. The van der Waals surface area contributed by atoms with E-state index in [2.05, 4.69) is 5.32 Å². The van der Waals surface area contributed by atoms with Gasteiger partial charge in [0.2, 0.25) is 0 Å². The van der Waals surface area contributed by atoms with Crippen LogP contribution < -0.4 is 5.32 Å². The Morgan fingerprint density at radius 2 is 2.22 bits per heavy atom. The van der Waals surface area contributed by atoms with Crippen molar-refractivity contribution in [3.63, 3.8) is 0 Å². The van der Waals surface area contributed by atoms with Crippen molar-refractivity contribution in [1.29, 1.82) is 0 Å². The molecular formula is C14H19F2NO. The minimum absolute atomic E-state index is 0.0777. The van der Waals surface area contributed by atoms with Crippen LogP contribution in [0.2, 0.25) is 0 Å². The normalized spacial score (nSPS) is 28.3. The van der Waals surface area contributed by atoms with Crippen LogP contribution >= 0.6 is 0 Å². The Labute approximate surface area is 106 Å². The summed E-state index contributed by atoms with van der Waals surface area (Å²) >= 11 is 0. The van der Waals surface area contributed by atoms with Gasteiger partial charge in [0.15, 0.2) is 0 Å². The number of aliphatic hydroxyl groups is 1. The molecule has 1 aromatic carbocycles. The van der Waals surface area contributed by atoms with E-state index in [-0.39, 0.29) is 17.9 Å². The van der Waals surface area contributed by atoms with Crippen LogP contribution in [0.1, 0.15) is 25.3 Å². The highest BCUT2D eigenvalue weighted by Crippen LogP contribution is 2.31. The van der Waals surface area contributed by atoms with Gasteiger partial charge in [0.1, 0.15) is 11.6 Å². The summed E-state index contributed by atoms with van der Waals surface area (Å²) in [7, 11) is 0. The van der Waals surface area contributed by atoms with Crippen LogP contribution in [0, 0.1) is 17.6 Å². The van der Waals surface area contributed by atoms with Crippen molar-refractivity contribution in [3.8, 4) is 0 Å². The summed E-state index contributed by atoms with van der Waals surface area (Å²) in [5.41, 5.74) is -0.674. The summed E-state index contributed by atoms with van der Waals surface area (Å²) in [6.45, 7) is 3.44. The molecule has 0 aromatic heterocycles. The third kappa shape index (κ3) is 2.70. The summed E-state index contributed by atoms with van der Waals surface area (Å²) in [6, 6.07) is 3.40. The molecular weight excluding hydrogens is 236 g/mol. The molecule has 2 nitrogen and oxygen atoms in total. The van der Waals surface area contributed by atoms with Crippen molar-refractivity contribution in [2.75, 3.05) is 13.1 Å². The summed E-state index contributed by atoms with van der Waals surface area (Å²) in [5, 5.41) is 13.9. The van der Waals surface area contributed by atoms with Crippen molar-refractivity contribution in [2.24, 2.45) is 5.92 Å². The highest BCUT2D eigenvalue weighted by Gasteiger charge is 2.38. The third-order valence-corrected chi connectivity index (χ3v) is 3.88. The molecule has 1 aliphatic heterocycles. The Bertz CT molecular complexity index is 424. The molecule has 1 aromatic rings. The van der Waals surface area contributed by atoms with Gasteiger partial charge in [-0.3, -0.25) is 0 Å². The molecule has 18 heavy (non-hydrogen) atoms. The molecule has 2 rings (SSSR count). The van der Waals surface area contributed by atoms with Crippen LogP contribution in [-0.2, 0) is 6.42 Å². The fourth-order valence-electron chi connectivity index (χ4n) is 2.74. The predicted octanol–water partition coefficient (Wildman–Crippen LogP) is 2.26. The molecule has 0 radical (unpaired) electrons. The van der Waals surface area contributed by atoms with Crippen molar-refractivity contribution in [1.82, 2.24) is 5.32 Å². The average Bonchev–Trinajstić information content (AvgIpc) is 2.34. The second kappa shape index (κ2) is 5.33. The fraction of sp³-hybridized carbons (Fsp3) is 0.571. The minimum atomic E-state index is -0.936. The molecule has 1 fully saturated rings. The molecule has 0 aliphatic carbocycles. The van der Waals surface area contributed by atoms with Gasteiger partial charge in [0.25, 0.3) is 0 Å². The van der Waals surface area contributed by atoms with Crippen molar-refractivity contribution in [3.05, 3.63) is 35.4 Å². The number of rotatable bonds is 3. The monoisotopic (exact) mass is 255 g/mol. The molecule has 0 amide bonds. The standard InChI is InChI=1S/C14H19F2NO/c1-2-11-9-17-6-5-14(11,18)8-10-7-12(15)3-4-13(10)16/h3-4,7,11,17-18H,2,5-6,8-9H2,1H3. The summed E-state index contributed by atoms with van der Waals surface area (Å²) in [5.74, 6) is -0.830. The van der Waals surface area contributed by atoms with E-state index in [0.717, 1.165) is 25.1 Å². The topological polar surface area (TPSA) is 32.3 Å². The van der Waals surface area contributed by atoms with Gasteiger partial charge in [0, 0.05) is 18.9 Å². The van der Waals surface area contributed by atoms with E-state index in [4.69, 9.17) is 0 Å². The van der Waals surface area contributed by atoms with Gasteiger partial charge in [-0.15, -0.1) is 0 Å². The molecule has 1 heterocycles. The maximum Gasteiger partial charge on any atom is 0.126 e. The van der Waals surface area contributed by atoms with E-state index in [0.29, 0.717) is 13.0 Å². The number of piperidine rings is 1. The van der Waals surface area contributed by atoms with Gasteiger partial charge in [0.05, 0.1) is 5.60 Å². The highest BCUT2D eigenvalue weighted by atomic mass is 19.1. The van der Waals surface area contributed by atoms with Gasteiger partial charge in [-0.25, -0.2) is 8.78 Å². The first-order valence-electron chi connectivity index (χ1n) is 6.42. The summed E-state index contributed by atoms with van der Waals surface area (Å²) in [6.07, 6.45) is 1.57. The minimum Gasteiger partial charge on any atom is -0.389 e. The van der Waals surface area contributed by atoms with Gasteiger partial charge in [-0.2, -0.15) is 0 Å². The number of hydrogen-bond acceptors (Lipinski definition) is 2. The lowest BCUT2D eigenvalue weighted by Crippen LogP contribution is -2.51. The Kier molecular flexibility index (Phi) is 3.97.